The smallest absolute Gasteiger partial charge is 0.407 e. The highest BCUT2D eigenvalue weighted by Crippen LogP contribution is 2.03. The van der Waals surface area contributed by atoms with Crippen molar-refractivity contribution in [3.8, 4) is 0 Å². The lowest BCUT2D eigenvalue weighted by Gasteiger charge is -2.25. The molecule has 0 radical (unpaired) electrons. The highest BCUT2D eigenvalue weighted by molar-refractivity contribution is 5.90. The van der Waals surface area contributed by atoms with Crippen LogP contribution >= 0.6 is 0 Å². The van der Waals surface area contributed by atoms with Crippen molar-refractivity contribution in [2.45, 2.75) is 39.3 Å². The molecule has 0 unspecified atom stereocenters. The molecule has 1 rings (SSSR count). The van der Waals surface area contributed by atoms with Gasteiger partial charge in [0.25, 0.3) is 0 Å². The van der Waals surface area contributed by atoms with Gasteiger partial charge in [0.15, 0.2) is 0 Å². The molecule has 8 heteroatoms. The SMILES string of the molecule is CCOC(=O)N[C@@H](COC(=O)c1cccnc1)C(=O)NC(C)(C)C. The molecule has 0 aliphatic carbocycles. The summed E-state index contributed by atoms with van der Waals surface area (Å²) in [6.07, 6.45) is 2.12. The molecule has 2 N–H and O–H groups in total. The van der Waals surface area contributed by atoms with Gasteiger partial charge >= 0.3 is 12.1 Å². The molecule has 1 aromatic rings. The minimum Gasteiger partial charge on any atom is -0.459 e. The Kier molecular flexibility index (Phi) is 7.16. The van der Waals surface area contributed by atoms with Gasteiger partial charge < -0.3 is 20.1 Å². The van der Waals surface area contributed by atoms with Crippen molar-refractivity contribution in [2.24, 2.45) is 0 Å². The number of aromatic nitrogens is 1. The maximum atomic E-state index is 12.3. The first-order chi connectivity index (χ1) is 11.2. The lowest BCUT2D eigenvalue weighted by Crippen LogP contribution is -2.54. The first-order valence-electron chi connectivity index (χ1n) is 7.55. The summed E-state index contributed by atoms with van der Waals surface area (Å²) in [4.78, 5) is 39.6. The van der Waals surface area contributed by atoms with Crippen LogP contribution in [-0.2, 0) is 14.3 Å². The third-order valence-corrected chi connectivity index (χ3v) is 2.66. The Morgan fingerprint density at radius 3 is 2.50 bits per heavy atom. The molecular formula is C16H23N3O5. The number of ether oxygens (including phenoxy) is 2. The zero-order valence-corrected chi connectivity index (χ0v) is 14.3. The fourth-order valence-electron chi connectivity index (χ4n) is 1.68. The molecular weight excluding hydrogens is 314 g/mol. The third kappa shape index (κ3) is 7.08. The van der Waals surface area contributed by atoms with E-state index in [1.807, 2.05) is 0 Å². The highest BCUT2D eigenvalue weighted by atomic mass is 16.6. The molecule has 0 saturated carbocycles. The van der Waals surface area contributed by atoms with Crippen LogP contribution in [0.4, 0.5) is 4.79 Å². The number of alkyl carbamates (subject to hydrolysis) is 1. The molecule has 132 valence electrons. The van der Waals surface area contributed by atoms with Gasteiger partial charge in [-0.15, -0.1) is 0 Å². The van der Waals surface area contributed by atoms with E-state index < -0.39 is 29.6 Å². The summed E-state index contributed by atoms with van der Waals surface area (Å²) in [6.45, 7) is 6.88. The topological polar surface area (TPSA) is 107 Å². The van der Waals surface area contributed by atoms with E-state index >= 15 is 0 Å². The fraction of sp³-hybridized carbons (Fsp3) is 0.500. The number of carbonyl (C=O) groups is 3. The van der Waals surface area contributed by atoms with Crippen LogP contribution in [0.3, 0.4) is 0 Å². The molecule has 0 aromatic carbocycles. The number of hydrogen-bond donors (Lipinski definition) is 2. The van der Waals surface area contributed by atoms with Gasteiger partial charge in [-0.3, -0.25) is 9.78 Å². The second-order valence-electron chi connectivity index (χ2n) is 6.00. The lowest BCUT2D eigenvalue weighted by atomic mass is 10.1. The maximum Gasteiger partial charge on any atom is 0.407 e. The molecule has 1 atom stereocenters. The summed E-state index contributed by atoms with van der Waals surface area (Å²) >= 11 is 0. The Balaban J connectivity index is 2.72. The van der Waals surface area contributed by atoms with E-state index in [2.05, 4.69) is 15.6 Å². The molecule has 0 spiro atoms. The summed E-state index contributed by atoms with van der Waals surface area (Å²) in [6, 6.07) is 2.07. The molecule has 0 fully saturated rings. The van der Waals surface area contributed by atoms with Crippen molar-refractivity contribution in [2.75, 3.05) is 13.2 Å². The van der Waals surface area contributed by atoms with Crippen molar-refractivity contribution in [1.29, 1.82) is 0 Å². The number of rotatable bonds is 6. The minimum atomic E-state index is -1.07. The zero-order chi connectivity index (χ0) is 18.2. The van der Waals surface area contributed by atoms with E-state index in [1.165, 1.54) is 12.4 Å². The van der Waals surface area contributed by atoms with E-state index in [0.717, 1.165) is 0 Å². The standard InChI is InChI=1S/C16H23N3O5/c1-5-23-15(22)18-12(13(20)19-16(2,3)4)10-24-14(21)11-7-6-8-17-9-11/h6-9,12H,5,10H2,1-4H3,(H,18,22)(H,19,20)/t12-/m0/s1. The number of pyridine rings is 1. The molecule has 24 heavy (non-hydrogen) atoms. The summed E-state index contributed by atoms with van der Waals surface area (Å²) in [5, 5.41) is 5.10. The molecule has 0 aliphatic rings. The van der Waals surface area contributed by atoms with Crippen molar-refractivity contribution in [3.05, 3.63) is 30.1 Å². The van der Waals surface area contributed by atoms with Gasteiger partial charge in [-0.1, -0.05) is 0 Å². The first kappa shape index (κ1) is 19.4. The molecule has 8 nitrogen and oxygen atoms in total. The molecule has 0 saturated heterocycles. The van der Waals surface area contributed by atoms with E-state index in [-0.39, 0.29) is 18.8 Å². The second kappa shape index (κ2) is 8.85. The average molecular weight is 337 g/mol. The van der Waals surface area contributed by atoms with E-state index in [0.29, 0.717) is 0 Å². The summed E-state index contributed by atoms with van der Waals surface area (Å²) in [5.41, 5.74) is -0.248. The van der Waals surface area contributed by atoms with Crippen LogP contribution in [0.1, 0.15) is 38.1 Å². The van der Waals surface area contributed by atoms with Gasteiger partial charge in [-0.25, -0.2) is 9.59 Å². The quantitative estimate of drug-likeness (QED) is 0.757. The van der Waals surface area contributed by atoms with Crippen LogP contribution in [0.5, 0.6) is 0 Å². The number of hydrogen-bond acceptors (Lipinski definition) is 6. The van der Waals surface area contributed by atoms with Gasteiger partial charge in [0.05, 0.1) is 12.2 Å². The van der Waals surface area contributed by atoms with Gasteiger partial charge in [0.1, 0.15) is 12.6 Å². The van der Waals surface area contributed by atoms with E-state index in [4.69, 9.17) is 9.47 Å². The maximum absolute atomic E-state index is 12.3. The third-order valence-electron chi connectivity index (χ3n) is 2.66. The van der Waals surface area contributed by atoms with Gasteiger partial charge in [-0.2, -0.15) is 0 Å². The Morgan fingerprint density at radius 2 is 1.96 bits per heavy atom. The average Bonchev–Trinajstić information content (AvgIpc) is 2.50. The van der Waals surface area contributed by atoms with Gasteiger partial charge in [-0.05, 0) is 39.8 Å². The predicted molar refractivity (Wildman–Crippen MR) is 86.4 cm³/mol. The van der Waals surface area contributed by atoms with Gasteiger partial charge in [0.2, 0.25) is 5.91 Å². The molecule has 1 aromatic heterocycles. The number of nitrogens with zero attached hydrogens (tertiary/aromatic N) is 1. The van der Waals surface area contributed by atoms with Crippen molar-refractivity contribution in [1.82, 2.24) is 15.6 Å². The highest BCUT2D eigenvalue weighted by Gasteiger charge is 2.26. The zero-order valence-electron chi connectivity index (χ0n) is 14.3. The molecule has 0 aliphatic heterocycles. The fourth-order valence-corrected chi connectivity index (χ4v) is 1.68. The van der Waals surface area contributed by atoms with Crippen molar-refractivity contribution < 1.29 is 23.9 Å². The summed E-state index contributed by atoms with van der Waals surface area (Å²) in [7, 11) is 0. The van der Waals surface area contributed by atoms with Crippen LogP contribution in [0.25, 0.3) is 0 Å². The number of amides is 2. The Labute approximate surface area is 140 Å². The Morgan fingerprint density at radius 1 is 1.25 bits per heavy atom. The molecule has 0 bridgehead atoms. The Hall–Kier alpha value is -2.64. The lowest BCUT2D eigenvalue weighted by molar-refractivity contribution is -0.125. The normalized spacial score (nSPS) is 12.0. The van der Waals surface area contributed by atoms with Gasteiger partial charge in [0, 0.05) is 17.9 Å². The minimum absolute atomic E-state index is 0.162. The van der Waals surface area contributed by atoms with E-state index in [1.54, 1.807) is 39.8 Å². The Bertz CT molecular complexity index is 569. The van der Waals surface area contributed by atoms with Crippen LogP contribution in [0.15, 0.2) is 24.5 Å². The summed E-state index contributed by atoms with van der Waals surface area (Å²) < 4.78 is 9.86. The first-order valence-corrected chi connectivity index (χ1v) is 7.55. The van der Waals surface area contributed by atoms with Crippen LogP contribution in [0.2, 0.25) is 0 Å². The molecule has 1 heterocycles. The van der Waals surface area contributed by atoms with E-state index in [9.17, 15) is 14.4 Å². The molecule has 2 amide bonds. The monoisotopic (exact) mass is 337 g/mol. The van der Waals surface area contributed by atoms with Crippen molar-refractivity contribution in [3.63, 3.8) is 0 Å². The number of esters is 1. The van der Waals surface area contributed by atoms with Crippen LogP contribution in [-0.4, -0.2) is 47.7 Å². The number of nitrogens with one attached hydrogen (secondary N) is 2. The van der Waals surface area contributed by atoms with Crippen LogP contribution < -0.4 is 10.6 Å². The van der Waals surface area contributed by atoms with Crippen molar-refractivity contribution >= 4 is 18.0 Å². The summed E-state index contributed by atoms with van der Waals surface area (Å²) in [5.74, 6) is -1.11. The largest absolute Gasteiger partial charge is 0.459 e. The second-order valence-corrected chi connectivity index (χ2v) is 6.00. The number of carbonyl (C=O) groups excluding carboxylic acids is 3. The predicted octanol–water partition coefficient (Wildman–Crippen LogP) is 1.27. The van der Waals surface area contributed by atoms with Crippen LogP contribution in [0, 0.1) is 0 Å².